The van der Waals surface area contributed by atoms with Crippen molar-refractivity contribution in [1.29, 1.82) is 0 Å². The maximum atomic E-state index is 13.2. The van der Waals surface area contributed by atoms with E-state index in [1.54, 1.807) is 18.6 Å². The highest BCUT2D eigenvalue weighted by Crippen LogP contribution is 2.31. The molecule has 0 radical (unpaired) electrons. The highest BCUT2D eigenvalue weighted by atomic mass is 32.1. The van der Waals surface area contributed by atoms with Gasteiger partial charge in [0.1, 0.15) is 10.7 Å². The number of rotatable bonds is 3. The number of pyridine rings is 1. The van der Waals surface area contributed by atoms with Gasteiger partial charge in [-0.15, -0.1) is 11.3 Å². The monoisotopic (exact) mass is 404 g/mol. The number of amides is 1. The molecule has 0 bridgehead atoms. The number of carbonyl (C=O) groups is 1. The first kappa shape index (κ1) is 18.0. The topological polar surface area (TPSA) is 66.6 Å². The lowest BCUT2D eigenvalue weighted by molar-refractivity contribution is 0.0666. The summed E-state index contributed by atoms with van der Waals surface area (Å²) in [6.07, 6.45) is 7.00. The summed E-state index contributed by atoms with van der Waals surface area (Å²) in [6.45, 7) is 3.31. The Bertz CT molecular complexity index is 1160. The lowest BCUT2D eigenvalue weighted by Crippen LogP contribution is -2.47. The summed E-state index contributed by atoms with van der Waals surface area (Å²) in [5.74, 6) is 0.0810. The highest BCUT2D eigenvalue weighted by molar-refractivity contribution is 7.13. The number of fused-ring (bicyclic) bond motifs is 1. The van der Waals surface area contributed by atoms with Crippen molar-refractivity contribution in [3.05, 3.63) is 60.0 Å². The number of aromatic nitrogens is 4. The van der Waals surface area contributed by atoms with Crippen LogP contribution in [0.1, 0.15) is 10.4 Å². The van der Waals surface area contributed by atoms with Crippen molar-refractivity contribution in [2.24, 2.45) is 0 Å². The van der Waals surface area contributed by atoms with E-state index in [0.717, 1.165) is 59.3 Å². The third-order valence-corrected chi connectivity index (χ3v) is 6.11. The summed E-state index contributed by atoms with van der Waals surface area (Å²) in [7, 11) is 2.09. The molecule has 0 atom stereocenters. The standard InChI is InChI=1S/C21H20N6OS/c1-25-8-10-26(11-9-25)21(28)15-12-19(27-7-3-2-4-18(15)27)17-14-29-20(24-17)16-13-22-5-6-23-16/h2-7,12-14H,8-11H2,1H3. The van der Waals surface area contributed by atoms with Crippen molar-refractivity contribution in [3.8, 4) is 22.1 Å². The number of hydrogen-bond donors (Lipinski definition) is 0. The molecule has 1 saturated heterocycles. The minimum Gasteiger partial charge on any atom is -0.336 e. The van der Waals surface area contributed by atoms with Crippen LogP contribution in [0.15, 0.2) is 54.4 Å². The number of hydrogen-bond acceptors (Lipinski definition) is 6. The smallest absolute Gasteiger partial charge is 0.256 e. The van der Waals surface area contributed by atoms with Crippen molar-refractivity contribution >= 4 is 22.8 Å². The van der Waals surface area contributed by atoms with Crippen LogP contribution in [0.3, 0.4) is 0 Å². The molecule has 0 N–H and O–H groups in total. The molecule has 0 saturated carbocycles. The zero-order valence-electron chi connectivity index (χ0n) is 16.0. The predicted molar refractivity (Wildman–Crippen MR) is 113 cm³/mol. The maximum absolute atomic E-state index is 13.2. The van der Waals surface area contributed by atoms with Crippen LogP contribution in [0.25, 0.3) is 27.6 Å². The van der Waals surface area contributed by atoms with Gasteiger partial charge in [0.15, 0.2) is 0 Å². The van der Waals surface area contributed by atoms with Crippen LogP contribution in [-0.4, -0.2) is 68.3 Å². The number of likely N-dealkylation sites (N-methyl/N-ethyl adjacent to an activating group) is 1. The highest BCUT2D eigenvalue weighted by Gasteiger charge is 2.24. The van der Waals surface area contributed by atoms with E-state index >= 15 is 0 Å². The summed E-state index contributed by atoms with van der Waals surface area (Å²) in [5.41, 5.74) is 4.11. The summed E-state index contributed by atoms with van der Waals surface area (Å²) in [5, 5.41) is 2.81. The van der Waals surface area contributed by atoms with Gasteiger partial charge in [0.25, 0.3) is 5.91 Å². The van der Waals surface area contributed by atoms with Gasteiger partial charge in [0.05, 0.1) is 28.7 Å². The van der Waals surface area contributed by atoms with Crippen LogP contribution in [0.2, 0.25) is 0 Å². The summed E-state index contributed by atoms with van der Waals surface area (Å²) in [4.78, 5) is 30.7. The van der Waals surface area contributed by atoms with Crippen LogP contribution < -0.4 is 0 Å². The van der Waals surface area contributed by atoms with Crippen LogP contribution in [-0.2, 0) is 0 Å². The zero-order chi connectivity index (χ0) is 19.8. The van der Waals surface area contributed by atoms with E-state index in [1.807, 2.05) is 45.1 Å². The Morgan fingerprint density at radius 2 is 1.97 bits per heavy atom. The minimum absolute atomic E-state index is 0.0810. The second-order valence-electron chi connectivity index (χ2n) is 7.12. The van der Waals surface area contributed by atoms with Crippen molar-refractivity contribution < 1.29 is 4.79 Å². The predicted octanol–water partition coefficient (Wildman–Crippen LogP) is 2.91. The summed E-state index contributed by atoms with van der Waals surface area (Å²) in [6, 6.07) is 7.89. The van der Waals surface area contributed by atoms with E-state index in [2.05, 4.69) is 21.9 Å². The van der Waals surface area contributed by atoms with Gasteiger partial charge in [-0.1, -0.05) is 6.07 Å². The molecule has 5 heterocycles. The average molecular weight is 404 g/mol. The Hall–Kier alpha value is -3.10. The van der Waals surface area contributed by atoms with Gasteiger partial charge in [-0.3, -0.25) is 14.8 Å². The molecule has 4 aromatic heterocycles. The first-order chi connectivity index (χ1) is 14.2. The van der Waals surface area contributed by atoms with E-state index in [0.29, 0.717) is 0 Å². The van der Waals surface area contributed by atoms with Crippen molar-refractivity contribution in [2.45, 2.75) is 0 Å². The molecule has 29 heavy (non-hydrogen) atoms. The largest absolute Gasteiger partial charge is 0.336 e. The van der Waals surface area contributed by atoms with Gasteiger partial charge < -0.3 is 14.2 Å². The lowest BCUT2D eigenvalue weighted by Gasteiger charge is -2.32. The molecule has 0 aliphatic carbocycles. The SMILES string of the molecule is CN1CCN(C(=O)c2cc(-c3csc(-c4cnccn4)n3)n3ccccc23)CC1. The van der Waals surface area contributed by atoms with Gasteiger partial charge >= 0.3 is 0 Å². The van der Waals surface area contributed by atoms with Gasteiger partial charge in [0.2, 0.25) is 0 Å². The summed E-state index contributed by atoms with van der Waals surface area (Å²) >= 11 is 1.52. The number of thiazole rings is 1. The van der Waals surface area contributed by atoms with E-state index in [4.69, 9.17) is 4.98 Å². The van der Waals surface area contributed by atoms with Gasteiger partial charge in [0, 0.05) is 50.1 Å². The van der Waals surface area contributed by atoms with Gasteiger partial charge in [-0.25, -0.2) is 4.98 Å². The quantitative estimate of drug-likeness (QED) is 0.525. The van der Waals surface area contributed by atoms with Gasteiger partial charge in [-0.2, -0.15) is 0 Å². The Morgan fingerprint density at radius 3 is 2.76 bits per heavy atom. The molecule has 1 aliphatic heterocycles. The molecule has 0 aromatic carbocycles. The first-order valence-corrected chi connectivity index (χ1v) is 10.4. The zero-order valence-corrected chi connectivity index (χ0v) is 16.8. The van der Waals surface area contributed by atoms with E-state index in [1.165, 1.54) is 11.3 Å². The maximum Gasteiger partial charge on any atom is 0.256 e. The van der Waals surface area contributed by atoms with Crippen LogP contribution >= 0.6 is 11.3 Å². The van der Waals surface area contributed by atoms with Crippen LogP contribution in [0, 0.1) is 0 Å². The molecular formula is C21H20N6OS. The molecule has 1 aliphatic rings. The molecule has 4 aromatic rings. The Kier molecular flexibility index (Phi) is 4.57. The first-order valence-electron chi connectivity index (χ1n) is 9.51. The molecule has 0 unspecified atom stereocenters. The molecule has 0 spiro atoms. The fourth-order valence-corrected chi connectivity index (χ4v) is 4.39. The van der Waals surface area contributed by atoms with Gasteiger partial charge in [-0.05, 0) is 25.2 Å². The Balaban J connectivity index is 1.54. The Morgan fingerprint density at radius 1 is 1.10 bits per heavy atom. The summed E-state index contributed by atoms with van der Waals surface area (Å²) < 4.78 is 2.04. The molecule has 5 rings (SSSR count). The normalized spacial score (nSPS) is 15.1. The van der Waals surface area contributed by atoms with E-state index in [-0.39, 0.29) is 5.91 Å². The number of nitrogens with zero attached hydrogens (tertiary/aromatic N) is 6. The molecular weight excluding hydrogens is 384 g/mol. The third kappa shape index (κ3) is 3.30. The Labute approximate surface area is 172 Å². The van der Waals surface area contributed by atoms with E-state index < -0.39 is 0 Å². The fourth-order valence-electron chi connectivity index (χ4n) is 3.62. The molecule has 1 amide bonds. The van der Waals surface area contributed by atoms with Crippen LogP contribution in [0.4, 0.5) is 0 Å². The van der Waals surface area contributed by atoms with Crippen molar-refractivity contribution in [2.75, 3.05) is 33.2 Å². The van der Waals surface area contributed by atoms with Crippen molar-refractivity contribution in [3.63, 3.8) is 0 Å². The average Bonchev–Trinajstić information content (AvgIpc) is 3.40. The lowest BCUT2D eigenvalue weighted by atomic mass is 10.2. The number of carbonyl (C=O) groups excluding carboxylic acids is 1. The van der Waals surface area contributed by atoms with Crippen LogP contribution in [0.5, 0.6) is 0 Å². The third-order valence-electron chi connectivity index (χ3n) is 5.25. The second-order valence-corrected chi connectivity index (χ2v) is 7.98. The molecule has 8 heteroatoms. The van der Waals surface area contributed by atoms with Crippen molar-refractivity contribution in [1.82, 2.24) is 29.2 Å². The molecule has 7 nitrogen and oxygen atoms in total. The minimum atomic E-state index is 0.0810. The second kappa shape index (κ2) is 7.38. The fraction of sp³-hybridized carbons (Fsp3) is 0.238. The molecule has 1 fully saturated rings. The molecule has 146 valence electrons. The number of piperazine rings is 1. The van der Waals surface area contributed by atoms with E-state index in [9.17, 15) is 4.79 Å².